The molecule has 0 unspecified atom stereocenters. The molecule has 0 atom stereocenters. The Morgan fingerprint density at radius 1 is 0.682 bits per heavy atom. The Morgan fingerprint density at radius 3 is 1.45 bits per heavy atom. The first-order chi connectivity index (χ1) is 10.8. The van der Waals surface area contributed by atoms with Gasteiger partial charge in [0, 0.05) is 18.3 Å². The minimum absolute atomic E-state index is 1.19. The van der Waals surface area contributed by atoms with Gasteiger partial charge in [-0.25, -0.2) is 0 Å². The van der Waals surface area contributed by atoms with Crippen LogP contribution in [0, 0.1) is 0 Å². The van der Waals surface area contributed by atoms with Gasteiger partial charge >= 0.3 is 0 Å². The fraction of sp³-hybridized carbons (Fsp3) is 0. The predicted octanol–water partition coefficient (Wildman–Crippen LogP) is 6.99. The van der Waals surface area contributed by atoms with Crippen molar-refractivity contribution in [3.05, 3.63) is 68.2 Å². The Kier molecular flexibility index (Phi) is 7.11. The summed E-state index contributed by atoms with van der Waals surface area (Å²) in [5, 5.41) is 6.85. The van der Waals surface area contributed by atoms with Crippen molar-refractivity contribution >= 4 is 87.2 Å². The number of thiophene rings is 2. The smallest absolute Gasteiger partial charge is 0.197 e. The topological polar surface area (TPSA) is 17.1 Å². The third-order valence-electron chi connectivity index (χ3n) is 2.86. The molecule has 2 aromatic heterocycles. The fourth-order valence-corrected chi connectivity index (χ4v) is 4.84. The van der Waals surface area contributed by atoms with E-state index < -0.39 is 0 Å². The molecule has 0 aliphatic carbocycles. The number of fused-ring (bicyclic) bond motifs is 2. The van der Waals surface area contributed by atoms with Crippen molar-refractivity contribution in [2.75, 3.05) is 0 Å². The number of rotatable bonds is 0. The third-order valence-corrected chi connectivity index (χ3v) is 6.64. The van der Waals surface area contributed by atoms with Crippen molar-refractivity contribution in [1.82, 2.24) is 0 Å². The average molecular weight is 474 g/mol. The molecule has 0 spiro atoms. The standard InChI is InChI=1S/2C8H5BrS.OS/c2*9-7-3-1-2-6-4-5-10-8(6)7;1-2/h2*1-5H;. The van der Waals surface area contributed by atoms with E-state index in [1.54, 1.807) is 22.7 Å². The summed E-state index contributed by atoms with van der Waals surface area (Å²) >= 11 is 13.3. The molecule has 0 bridgehead atoms. The highest BCUT2D eigenvalue weighted by Crippen LogP contribution is 2.28. The van der Waals surface area contributed by atoms with Gasteiger partial charge in [0.15, 0.2) is 12.5 Å². The van der Waals surface area contributed by atoms with E-state index in [9.17, 15) is 0 Å². The van der Waals surface area contributed by atoms with Crippen molar-refractivity contribution in [2.24, 2.45) is 0 Å². The summed E-state index contributed by atoms with van der Waals surface area (Å²) in [6.45, 7) is 0. The zero-order valence-electron chi connectivity index (χ0n) is 11.2. The van der Waals surface area contributed by atoms with Gasteiger partial charge in [-0.3, -0.25) is 0 Å². The number of halogens is 2. The molecule has 22 heavy (non-hydrogen) atoms. The molecule has 112 valence electrons. The summed E-state index contributed by atoms with van der Waals surface area (Å²) in [6.07, 6.45) is 0. The van der Waals surface area contributed by atoms with Crippen LogP contribution in [0.5, 0.6) is 0 Å². The second-order valence-corrected chi connectivity index (χ2v) is 7.70. The third kappa shape index (κ3) is 4.20. The summed E-state index contributed by atoms with van der Waals surface area (Å²) in [4.78, 5) is 0. The summed E-state index contributed by atoms with van der Waals surface area (Å²) in [7, 11) is 0. The van der Waals surface area contributed by atoms with Crippen LogP contribution >= 0.6 is 54.5 Å². The SMILES string of the molecule is Brc1cccc2ccsc12.Brc1cccc2ccsc12.O=S. The van der Waals surface area contributed by atoms with Crippen LogP contribution in [-0.2, 0) is 12.5 Å². The van der Waals surface area contributed by atoms with Crippen LogP contribution in [-0.4, -0.2) is 4.21 Å². The van der Waals surface area contributed by atoms with Gasteiger partial charge in [-0.1, -0.05) is 24.3 Å². The van der Waals surface area contributed by atoms with E-state index in [2.05, 4.69) is 104 Å². The van der Waals surface area contributed by atoms with Gasteiger partial charge < -0.3 is 0 Å². The number of hydrogen-bond donors (Lipinski definition) is 0. The quantitative estimate of drug-likeness (QED) is 0.273. The van der Waals surface area contributed by atoms with Crippen molar-refractivity contribution in [1.29, 1.82) is 0 Å². The lowest BCUT2D eigenvalue weighted by Gasteiger charge is -1.89. The van der Waals surface area contributed by atoms with Crippen LogP contribution in [0.25, 0.3) is 20.2 Å². The minimum atomic E-state index is 1.19. The highest BCUT2D eigenvalue weighted by molar-refractivity contribution is 9.11. The summed E-state index contributed by atoms with van der Waals surface area (Å²) in [6, 6.07) is 16.7. The van der Waals surface area contributed by atoms with Crippen LogP contribution < -0.4 is 0 Å². The number of benzene rings is 2. The number of hydrogen-bond acceptors (Lipinski definition) is 4. The van der Waals surface area contributed by atoms with Gasteiger partial charge in [0.2, 0.25) is 0 Å². The molecular formula is C16H10Br2OS3. The second kappa shape index (κ2) is 8.84. The maximum atomic E-state index is 7.83. The molecule has 0 aliphatic heterocycles. The second-order valence-electron chi connectivity index (χ2n) is 4.16. The zero-order chi connectivity index (χ0) is 15.9. The van der Waals surface area contributed by atoms with Crippen molar-refractivity contribution in [3.8, 4) is 0 Å². The normalized spacial score (nSPS) is 9.73. The largest absolute Gasteiger partial charge is 0.197 e. The van der Waals surface area contributed by atoms with E-state index >= 15 is 0 Å². The van der Waals surface area contributed by atoms with E-state index in [0.29, 0.717) is 0 Å². The molecule has 4 rings (SSSR count). The Hall–Kier alpha value is -0.660. The van der Waals surface area contributed by atoms with Crippen LogP contribution in [0.15, 0.2) is 68.2 Å². The first-order valence-electron chi connectivity index (χ1n) is 6.16. The predicted molar refractivity (Wildman–Crippen MR) is 107 cm³/mol. The highest BCUT2D eigenvalue weighted by Gasteiger charge is 1.96. The summed E-state index contributed by atoms with van der Waals surface area (Å²) in [5.41, 5.74) is 0. The van der Waals surface area contributed by atoms with Gasteiger partial charge in [0.1, 0.15) is 0 Å². The van der Waals surface area contributed by atoms with Crippen LogP contribution in [0.3, 0.4) is 0 Å². The molecule has 0 saturated carbocycles. The van der Waals surface area contributed by atoms with Crippen LogP contribution in [0.2, 0.25) is 0 Å². The maximum absolute atomic E-state index is 7.83. The van der Waals surface area contributed by atoms with Gasteiger partial charge in [0.25, 0.3) is 0 Å². The van der Waals surface area contributed by atoms with E-state index in [4.69, 9.17) is 4.21 Å². The van der Waals surface area contributed by atoms with E-state index in [1.165, 1.54) is 29.1 Å². The Labute approximate surface area is 158 Å². The molecule has 0 radical (unpaired) electrons. The fourth-order valence-electron chi connectivity index (χ4n) is 1.91. The lowest BCUT2D eigenvalue weighted by molar-refractivity contribution is 0.702. The molecule has 6 heteroatoms. The molecule has 2 aromatic carbocycles. The molecule has 0 amide bonds. The first-order valence-corrected chi connectivity index (χ1v) is 9.83. The molecular weight excluding hydrogens is 464 g/mol. The van der Waals surface area contributed by atoms with Crippen LogP contribution in [0.1, 0.15) is 0 Å². The van der Waals surface area contributed by atoms with Gasteiger partial charge in [-0.15, -0.1) is 22.7 Å². The molecule has 2 heterocycles. The maximum Gasteiger partial charge on any atom is 0.197 e. The lowest BCUT2D eigenvalue weighted by Crippen LogP contribution is -1.62. The van der Waals surface area contributed by atoms with Gasteiger partial charge in [-0.05, 0) is 77.7 Å². The lowest BCUT2D eigenvalue weighted by atomic mass is 10.3. The van der Waals surface area contributed by atoms with Gasteiger partial charge in [0.05, 0.1) is 0 Å². The van der Waals surface area contributed by atoms with Crippen molar-refractivity contribution in [3.63, 3.8) is 0 Å². The van der Waals surface area contributed by atoms with E-state index in [-0.39, 0.29) is 0 Å². The van der Waals surface area contributed by atoms with Crippen molar-refractivity contribution < 1.29 is 4.21 Å². The average Bonchev–Trinajstić information content (AvgIpc) is 3.20. The first kappa shape index (κ1) is 17.7. The molecule has 0 saturated heterocycles. The highest BCUT2D eigenvalue weighted by atomic mass is 79.9. The van der Waals surface area contributed by atoms with Crippen LogP contribution in [0.4, 0.5) is 0 Å². The van der Waals surface area contributed by atoms with E-state index in [1.807, 2.05) is 0 Å². The zero-order valence-corrected chi connectivity index (χ0v) is 16.8. The summed E-state index contributed by atoms with van der Waals surface area (Å²) in [5.74, 6) is 0. The van der Waals surface area contributed by atoms with Gasteiger partial charge in [-0.2, -0.15) is 4.21 Å². The molecule has 0 N–H and O–H groups in total. The van der Waals surface area contributed by atoms with E-state index in [0.717, 1.165) is 0 Å². The Balaban J connectivity index is 0.000000144. The Morgan fingerprint density at radius 2 is 1.09 bits per heavy atom. The monoisotopic (exact) mass is 472 g/mol. The van der Waals surface area contributed by atoms with Crippen molar-refractivity contribution in [2.45, 2.75) is 0 Å². The molecule has 4 aromatic rings. The molecule has 1 nitrogen and oxygen atoms in total. The minimum Gasteiger partial charge on any atom is -0.197 e. The molecule has 0 fully saturated rings. The summed E-state index contributed by atoms with van der Waals surface area (Å²) < 4.78 is 12.9. The molecule has 0 aliphatic rings. The Bertz CT molecular complexity index is 798.